The van der Waals surface area contributed by atoms with Gasteiger partial charge in [0.25, 0.3) is 5.91 Å². The number of morpholine rings is 1. The van der Waals surface area contributed by atoms with Crippen LogP contribution >= 0.6 is 0 Å². The molecule has 0 bridgehead atoms. The highest BCUT2D eigenvalue weighted by Gasteiger charge is 2.30. The van der Waals surface area contributed by atoms with E-state index in [-0.39, 0.29) is 37.4 Å². The largest absolute Gasteiger partial charge is 0.485 e. The number of hydrogen-bond donors (Lipinski definition) is 0. The molecule has 0 atom stereocenters. The molecule has 2 aromatic rings. The molecule has 162 valence electrons. The Morgan fingerprint density at radius 1 is 1.06 bits per heavy atom. The van der Waals surface area contributed by atoms with E-state index in [0.717, 1.165) is 0 Å². The Morgan fingerprint density at radius 2 is 1.81 bits per heavy atom. The minimum absolute atomic E-state index is 0.140. The Morgan fingerprint density at radius 3 is 2.55 bits per heavy atom. The van der Waals surface area contributed by atoms with Crippen LogP contribution in [-0.4, -0.2) is 68.6 Å². The number of ether oxygens (including phenoxy) is 3. The zero-order valence-corrected chi connectivity index (χ0v) is 16.7. The van der Waals surface area contributed by atoms with Crippen molar-refractivity contribution in [3.63, 3.8) is 0 Å². The van der Waals surface area contributed by atoms with Crippen LogP contribution < -0.4 is 14.4 Å². The standard InChI is InChI=1S/C22H21FN2O6/c23-16-2-4-17(5-3-16)30-13-19(26)15-1-6-20-18(11-15)25(22(28)14-31-20)12-21(27)24-7-9-29-10-8-24/h1-6,11H,7-10,12-14H2. The summed E-state index contributed by atoms with van der Waals surface area (Å²) in [4.78, 5) is 40.7. The van der Waals surface area contributed by atoms with E-state index in [2.05, 4.69) is 0 Å². The molecule has 2 heterocycles. The summed E-state index contributed by atoms with van der Waals surface area (Å²) in [5.41, 5.74) is 0.675. The van der Waals surface area contributed by atoms with Gasteiger partial charge in [-0.25, -0.2) is 4.39 Å². The molecule has 31 heavy (non-hydrogen) atoms. The lowest BCUT2D eigenvalue weighted by atomic mass is 10.1. The van der Waals surface area contributed by atoms with E-state index >= 15 is 0 Å². The van der Waals surface area contributed by atoms with Crippen molar-refractivity contribution in [2.45, 2.75) is 0 Å². The molecule has 1 saturated heterocycles. The molecule has 0 aromatic heterocycles. The molecule has 0 aliphatic carbocycles. The van der Waals surface area contributed by atoms with Crippen molar-refractivity contribution in [1.82, 2.24) is 4.90 Å². The fourth-order valence-corrected chi connectivity index (χ4v) is 3.36. The predicted octanol–water partition coefficient (Wildman–Crippen LogP) is 1.67. The maximum absolute atomic E-state index is 13.0. The van der Waals surface area contributed by atoms with Gasteiger partial charge in [-0.05, 0) is 42.5 Å². The summed E-state index contributed by atoms with van der Waals surface area (Å²) >= 11 is 0. The van der Waals surface area contributed by atoms with Crippen LogP contribution in [0.25, 0.3) is 0 Å². The number of amides is 2. The lowest BCUT2D eigenvalue weighted by molar-refractivity contribution is -0.135. The van der Waals surface area contributed by atoms with E-state index < -0.39 is 5.82 Å². The molecule has 2 aromatic carbocycles. The van der Waals surface area contributed by atoms with Crippen molar-refractivity contribution >= 4 is 23.3 Å². The van der Waals surface area contributed by atoms with Gasteiger partial charge >= 0.3 is 0 Å². The number of halogens is 1. The second-order valence-electron chi connectivity index (χ2n) is 7.11. The van der Waals surface area contributed by atoms with Crippen molar-refractivity contribution < 1.29 is 33.0 Å². The minimum Gasteiger partial charge on any atom is -0.485 e. The first kappa shape index (κ1) is 20.8. The second-order valence-corrected chi connectivity index (χ2v) is 7.11. The molecule has 0 spiro atoms. The summed E-state index contributed by atoms with van der Waals surface area (Å²) in [6.07, 6.45) is 0. The van der Waals surface area contributed by atoms with E-state index in [1.54, 1.807) is 17.0 Å². The van der Waals surface area contributed by atoms with E-state index in [1.807, 2.05) is 0 Å². The summed E-state index contributed by atoms with van der Waals surface area (Å²) in [6.45, 7) is 1.31. The molecule has 2 amide bonds. The quantitative estimate of drug-likeness (QED) is 0.651. The smallest absolute Gasteiger partial charge is 0.265 e. The number of anilines is 1. The van der Waals surface area contributed by atoms with Crippen molar-refractivity contribution in [2.24, 2.45) is 0 Å². The second kappa shape index (κ2) is 9.13. The lowest BCUT2D eigenvalue weighted by Gasteiger charge is -2.32. The Hall–Kier alpha value is -3.46. The number of rotatable bonds is 6. The molecular formula is C22H21FN2O6. The number of Topliss-reactive ketones (excluding diaryl/α,β-unsaturated/α-hetero) is 1. The van der Waals surface area contributed by atoms with E-state index in [4.69, 9.17) is 14.2 Å². The van der Waals surface area contributed by atoms with E-state index in [9.17, 15) is 18.8 Å². The zero-order chi connectivity index (χ0) is 21.8. The average molecular weight is 428 g/mol. The Bertz CT molecular complexity index is 988. The van der Waals surface area contributed by atoms with Gasteiger partial charge in [0.1, 0.15) is 23.9 Å². The minimum atomic E-state index is -0.398. The summed E-state index contributed by atoms with van der Waals surface area (Å²) in [6, 6.07) is 10.0. The van der Waals surface area contributed by atoms with Gasteiger partial charge in [0, 0.05) is 18.7 Å². The van der Waals surface area contributed by atoms with Crippen LogP contribution in [0.15, 0.2) is 42.5 Å². The van der Waals surface area contributed by atoms with E-state index in [0.29, 0.717) is 49.1 Å². The third kappa shape index (κ3) is 4.83. The van der Waals surface area contributed by atoms with Crippen LogP contribution in [0.1, 0.15) is 10.4 Å². The fraction of sp³-hybridized carbons (Fsp3) is 0.318. The highest BCUT2D eigenvalue weighted by atomic mass is 19.1. The lowest BCUT2D eigenvalue weighted by Crippen LogP contribution is -2.49. The van der Waals surface area contributed by atoms with Crippen LogP contribution in [0.4, 0.5) is 10.1 Å². The molecule has 0 N–H and O–H groups in total. The van der Waals surface area contributed by atoms with Gasteiger partial charge in [0.15, 0.2) is 19.0 Å². The first-order valence-electron chi connectivity index (χ1n) is 9.85. The van der Waals surface area contributed by atoms with Crippen LogP contribution in [0.2, 0.25) is 0 Å². The number of nitrogens with zero attached hydrogens (tertiary/aromatic N) is 2. The van der Waals surface area contributed by atoms with E-state index in [1.165, 1.54) is 35.2 Å². The molecule has 9 heteroatoms. The van der Waals surface area contributed by atoms with Crippen LogP contribution in [0.5, 0.6) is 11.5 Å². The Balaban J connectivity index is 1.48. The van der Waals surface area contributed by atoms with Crippen molar-refractivity contribution in [1.29, 1.82) is 0 Å². The third-order valence-electron chi connectivity index (χ3n) is 5.06. The molecule has 8 nitrogen and oxygen atoms in total. The number of carbonyl (C=O) groups excluding carboxylic acids is 3. The van der Waals surface area contributed by atoms with Crippen molar-refractivity contribution in [3.8, 4) is 11.5 Å². The maximum atomic E-state index is 13.0. The van der Waals surface area contributed by atoms with Crippen molar-refractivity contribution in [2.75, 3.05) is 51.0 Å². The molecule has 0 radical (unpaired) electrons. The summed E-state index contributed by atoms with van der Waals surface area (Å²) in [5, 5.41) is 0. The summed E-state index contributed by atoms with van der Waals surface area (Å²) < 4.78 is 29.1. The predicted molar refractivity (Wildman–Crippen MR) is 108 cm³/mol. The Kier molecular flexibility index (Phi) is 6.13. The third-order valence-corrected chi connectivity index (χ3v) is 5.06. The highest BCUT2D eigenvalue weighted by molar-refractivity contribution is 6.04. The first-order chi connectivity index (χ1) is 15.0. The molecule has 2 aliphatic heterocycles. The van der Waals surface area contributed by atoms with Crippen molar-refractivity contribution in [3.05, 3.63) is 53.8 Å². The number of benzene rings is 2. The number of carbonyl (C=O) groups is 3. The van der Waals surface area contributed by atoms with Crippen LogP contribution in [0.3, 0.4) is 0 Å². The first-order valence-corrected chi connectivity index (χ1v) is 9.85. The number of fused-ring (bicyclic) bond motifs is 1. The van der Waals surface area contributed by atoms with Gasteiger partial charge in [-0.1, -0.05) is 0 Å². The molecule has 1 fully saturated rings. The topological polar surface area (TPSA) is 85.4 Å². The SMILES string of the molecule is O=C(COc1ccc(F)cc1)c1ccc2c(c1)N(CC(=O)N1CCOCC1)C(=O)CO2. The van der Waals surface area contributed by atoms with Gasteiger partial charge < -0.3 is 19.1 Å². The zero-order valence-electron chi connectivity index (χ0n) is 16.7. The van der Waals surface area contributed by atoms with Gasteiger partial charge in [-0.15, -0.1) is 0 Å². The number of ketones is 1. The molecule has 2 aliphatic rings. The Labute approximate surface area is 178 Å². The average Bonchev–Trinajstić information content (AvgIpc) is 2.80. The van der Waals surface area contributed by atoms with Gasteiger partial charge in [0.2, 0.25) is 5.91 Å². The summed E-state index contributed by atoms with van der Waals surface area (Å²) in [5.74, 6) is -0.495. The van der Waals surface area contributed by atoms with Gasteiger partial charge in [-0.2, -0.15) is 0 Å². The highest BCUT2D eigenvalue weighted by Crippen LogP contribution is 2.33. The van der Waals surface area contributed by atoms with Crippen LogP contribution in [0, 0.1) is 5.82 Å². The summed E-state index contributed by atoms with van der Waals surface area (Å²) in [7, 11) is 0. The van der Waals surface area contributed by atoms with Crippen LogP contribution in [-0.2, 0) is 14.3 Å². The van der Waals surface area contributed by atoms with Gasteiger partial charge in [0.05, 0.1) is 18.9 Å². The molecule has 0 saturated carbocycles. The molecule has 4 rings (SSSR count). The monoisotopic (exact) mass is 428 g/mol. The van der Waals surface area contributed by atoms with Gasteiger partial charge in [-0.3, -0.25) is 19.3 Å². The normalized spacial score (nSPS) is 15.8. The fourth-order valence-electron chi connectivity index (χ4n) is 3.36. The molecule has 0 unspecified atom stereocenters. The molecular weight excluding hydrogens is 407 g/mol. The number of hydrogen-bond acceptors (Lipinski definition) is 6. The maximum Gasteiger partial charge on any atom is 0.265 e.